The van der Waals surface area contributed by atoms with E-state index in [2.05, 4.69) is 15.8 Å². The van der Waals surface area contributed by atoms with Gasteiger partial charge in [-0.2, -0.15) is 5.10 Å². The normalized spacial score (nSPS) is 10.7. The summed E-state index contributed by atoms with van der Waals surface area (Å²) in [5.41, 5.74) is 3.94. The molecule has 0 saturated carbocycles. The van der Waals surface area contributed by atoms with E-state index >= 15 is 0 Å². The number of nitrogens with zero attached hydrogens (tertiary/aromatic N) is 1. The molecule has 170 valence electrons. The minimum absolute atomic E-state index is 0.220. The van der Waals surface area contributed by atoms with Gasteiger partial charge in [0.05, 0.1) is 13.3 Å². The summed E-state index contributed by atoms with van der Waals surface area (Å²) in [6.45, 7) is 0.220. The summed E-state index contributed by atoms with van der Waals surface area (Å²) >= 11 is 17.9. The Morgan fingerprint density at radius 3 is 2.45 bits per heavy atom. The van der Waals surface area contributed by atoms with Gasteiger partial charge in [0.15, 0.2) is 11.5 Å². The molecule has 3 aromatic rings. The highest BCUT2D eigenvalue weighted by Gasteiger charge is 2.13. The number of hydrazone groups is 1. The highest BCUT2D eigenvalue weighted by atomic mass is 35.5. The van der Waals surface area contributed by atoms with Crippen LogP contribution in [0.15, 0.2) is 65.8 Å². The topological polar surface area (TPSA) is 89.0 Å². The zero-order valence-corrected chi connectivity index (χ0v) is 19.5. The van der Waals surface area contributed by atoms with Gasteiger partial charge in [-0.15, -0.1) is 0 Å². The molecule has 0 aliphatic rings. The van der Waals surface area contributed by atoms with Gasteiger partial charge in [0.1, 0.15) is 6.61 Å². The van der Waals surface area contributed by atoms with E-state index in [1.54, 1.807) is 54.6 Å². The van der Waals surface area contributed by atoms with E-state index in [1.165, 1.54) is 19.4 Å². The van der Waals surface area contributed by atoms with E-state index in [0.29, 0.717) is 37.8 Å². The number of rotatable bonds is 7. The second-order valence-electron chi connectivity index (χ2n) is 6.60. The first-order chi connectivity index (χ1) is 15.9. The van der Waals surface area contributed by atoms with Gasteiger partial charge >= 0.3 is 11.8 Å². The number of anilines is 1. The van der Waals surface area contributed by atoms with Crippen molar-refractivity contribution in [2.75, 3.05) is 12.4 Å². The molecule has 0 atom stereocenters. The van der Waals surface area contributed by atoms with Crippen LogP contribution in [0.5, 0.6) is 11.5 Å². The molecule has 0 aliphatic heterocycles. The number of carbonyl (C=O) groups excluding carboxylic acids is 2. The van der Waals surface area contributed by atoms with Crippen molar-refractivity contribution >= 4 is 58.5 Å². The quantitative estimate of drug-likeness (QED) is 0.258. The molecular weight excluding hydrogens is 489 g/mol. The van der Waals surface area contributed by atoms with E-state index in [1.807, 2.05) is 0 Å². The van der Waals surface area contributed by atoms with Crippen LogP contribution in [0.1, 0.15) is 11.1 Å². The molecule has 0 heterocycles. The van der Waals surface area contributed by atoms with Crippen molar-refractivity contribution in [3.8, 4) is 11.5 Å². The van der Waals surface area contributed by atoms with Crippen LogP contribution < -0.4 is 20.2 Å². The summed E-state index contributed by atoms with van der Waals surface area (Å²) in [6.07, 6.45) is 1.37. The molecule has 0 aliphatic carbocycles. The number of benzene rings is 3. The molecular formula is C23H18Cl3N3O4. The fraction of sp³-hybridized carbons (Fsp3) is 0.0870. The highest BCUT2D eigenvalue weighted by molar-refractivity contribution is 6.40. The lowest BCUT2D eigenvalue weighted by atomic mass is 10.2. The van der Waals surface area contributed by atoms with Crippen LogP contribution in [0.2, 0.25) is 15.1 Å². The van der Waals surface area contributed by atoms with E-state index in [0.717, 1.165) is 5.56 Å². The molecule has 0 radical (unpaired) electrons. The van der Waals surface area contributed by atoms with E-state index in [9.17, 15) is 9.59 Å². The van der Waals surface area contributed by atoms with Gasteiger partial charge in [-0.1, -0.05) is 46.9 Å². The summed E-state index contributed by atoms with van der Waals surface area (Å²) in [4.78, 5) is 23.9. The monoisotopic (exact) mass is 505 g/mol. The molecule has 10 heteroatoms. The summed E-state index contributed by atoms with van der Waals surface area (Å²) in [5.74, 6) is -0.866. The zero-order valence-electron chi connectivity index (χ0n) is 17.3. The van der Waals surface area contributed by atoms with Crippen molar-refractivity contribution in [1.29, 1.82) is 0 Å². The van der Waals surface area contributed by atoms with Gasteiger partial charge in [-0.25, -0.2) is 5.43 Å². The Hall–Kier alpha value is -3.26. The van der Waals surface area contributed by atoms with Gasteiger partial charge < -0.3 is 14.8 Å². The highest BCUT2D eigenvalue weighted by Crippen LogP contribution is 2.29. The lowest BCUT2D eigenvalue weighted by Gasteiger charge is -2.12. The molecule has 0 unspecified atom stereocenters. The number of ether oxygens (including phenoxy) is 2. The van der Waals surface area contributed by atoms with Crippen LogP contribution in [0, 0.1) is 0 Å². The Balaban J connectivity index is 1.58. The second-order valence-corrected chi connectivity index (χ2v) is 7.88. The minimum Gasteiger partial charge on any atom is -0.493 e. The molecule has 33 heavy (non-hydrogen) atoms. The summed E-state index contributed by atoms with van der Waals surface area (Å²) in [6, 6.07) is 16.7. The van der Waals surface area contributed by atoms with Crippen LogP contribution in [0.4, 0.5) is 5.69 Å². The van der Waals surface area contributed by atoms with Crippen molar-refractivity contribution in [3.63, 3.8) is 0 Å². The molecule has 0 fully saturated rings. The first-order valence-electron chi connectivity index (χ1n) is 9.50. The van der Waals surface area contributed by atoms with Gasteiger partial charge in [0.2, 0.25) is 0 Å². The van der Waals surface area contributed by atoms with Crippen molar-refractivity contribution in [2.24, 2.45) is 5.10 Å². The standard InChI is InChI=1S/C23H18Cl3N3O4/c1-32-21-9-14(5-8-20(21)33-13-15-6-7-17(25)11-19(15)26)12-27-29-23(31)22(30)28-18-4-2-3-16(24)10-18/h2-12H,13H2,1H3,(H,28,30)(H,29,31)/b27-12-. The molecule has 0 spiro atoms. The van der Waals surface area contributed by atoms with Crippen LogP contribution >= 0.6 is 34.8 Å². The Morgan fingerprint density at radius 1 is 0.939 bits per heavy atom. The maximum Gasteiger partial charge on any atom is 0.329 e. The number of hydrogen-bond acceptors (Lipinski definition) is 5. The third kappa shape index (κ3) is 7.12. The smallest absolute Gasteiger partial charge is 0.329 e. The van der Waals surface area contributed by atoms with Crippen molar-refractivity contribution in [2.45, 2.75) is 6.61 Å². The Morgan fingerprint density at radius 2 is 1.73 bits per heavy atom. The lowest BCUT2D eigenvalue weighted by Crippen LogP contribution is -2.32. The second kappa shape index (κ2) is 11.6. The molecule has 2 N–H and O–H groups in total. The number of methoxy groups -OCH3 is 1. The van der Waals surface area contributed by atoms with E-state index in [4.69, 9.17) is 44.3 Å². The first-order valence-corrected chi connectivity index (χ1v) is 10.6. The van der Waals surface area contributed by atoms with Crippen molar-refractivity contribution < 1.29 is 19.1 Å². The molecule has 3 rings (SSSR count). The summed E-state index contributed by atoms with van der Waals surface area (Å²) in [7, 11) is 1.50. The maximum absolute atomic E-state index is 11.9. The predicted molar refractivity (Wildman–Crippen MR) is 130 cm³/mol. The largest absolute Gasteiger partial charge is 0.493 e. The maximum atomic E-state index is 11.9. The molecule has 0 bridgehead atoms. The Bertz CT molecular complexity index is 1200. The fourth-order valence-corrected chi connectivity index (χ4v) is 3.30. The molecule has 3 aromatic carbocycles. The molecule has 2 amide bonds. The lowest BCUT2D eigenvalue weighted by molar-refractivity contribution is -0.136. The summed E-state index contributed by atoms with van der Waals surface area (Å²) < 4.78 is 11.2. The molecule has 0 aromatic heterocycles. The average Bonchev–Trinajstić information content (AvgIpc) is 2.78. The van der Waals surface area contributed by atoms with Gasteiger partial charge in [0.25, 0.3) is 0 Å². The van der Waals surface area contributed by atoms with Gasteiger partial charge in [-0.3, -0.25) is 9.59 Å². The minimum atomic E-state index is -0.932. The summed E-state index contributed by atoms with van der Waals surface area (Å²) in [5, 5.41) is 7.71. The SMILES string of the molecule is COc1cc(/C=N\NC(=O)C(=O)Nc2cccc(Cl)c2)ccc1OCc1ccc(Cl)cc1Cl. The Kier molecular flexibility index (Phi) is 8.54. The van der Waals surface area contributed by atoms with Crippen LogP contribution in [-0.2, 0) is 16.2 Å². The number of nitrogens with one attached hydrogen (secondary N) is 2. The first kappa shape index (κ1) is 24.4. The molecule has 7 nitrogen and oxygen atoms in total. The van der Waals surface area contributed by atoms with Crippen LogP contribution in [0.25, 0.3) is 0 Å². The number of hydrogen-bond donors (Lipinski definition) is 2. The third-order valence-corrected chi connectivity index (χ3v) is 5.08. The van der Waals surface area contributed by atoms with Crippen molar-refractivity contribution in [3.05, 3.63) is 86.9 Å². The van der Waals surface area contributed by atoms with Gasteiger partial charge in [-0.05, 0) is 54.1 Å². The van der Waals surface area contributed by atoms with Crippen LogP contribution in [-0.4, -0.2) is 25.1 Å². The number of halogens is 3. The van der Waals surface area contributed by atoms with Crippen molar-refractivity contribution in [1.82, 2.24) is 5.43 Å². The Labute approximate surface area is 205 Å². The average molecular weight is 507 g/mol. The zero-order chi connectivity index (χ0) is 23.8. The van der Waals surface area contributed by atoms with Gasteiger partial charge in [0, 0.05) is 26.3 Å². The van der Waals surface area contributed by atoms with E-state index in [-0.39, 0.29) is 6.61 Å². The number of amides is 2. The number of carbonyl (C=O) groups is 2. The molecule has 0 saturated heterocycles. The fourth-order valence-electron chi connectivity index (χ4n) is 2.65. The third-order valence-electron chi connectivity index (χ3n) is 4.25. The van der Waals surface area contributed by atoms with E-state index < -0.39 is 11.8 Å². The predicted octanol–water partition coefficient (Wildman–Crippen LogP) is 5.32. The van der Waals surface area contributed by atoms with Crippen LogP contribution in [0.3, 0.4) is 0 Å².